The lowest BCUT2D eigenvalue weighted by molar-refractivity contribution is -0.122. The van der Waals surface area contributed by atoms with Crippen LogP contribution in [-0.2, 0) is 11.2 Å². The number of hydrogen-bond donors (Lipinski definition) is 1. The zero-order valence-electron chi connectivity index (χ0n) is 9.83. The van der Waals surface area contributed by atoms with Crippen LogP contribution in [0.2, 0.25) is 0 Å². The maximum Gasteiger partial charge on any atom is 0.223 e. The summed E-state index contributed by atoms with van der Waals surface area (Å²) >= 11 is 0. The van der Waals surface area contributed by atoms with E-state index < -0.39 is 0 Å². The molecule has 1 aliphatic rings. The molecule has 16 heavy (non-hydrogen) atoms. The van der Waals surface area contributed by atoms with E-state index in [1.165, 1.54) is 11.1 Å². The van der Waals surface area contributed by atoms with Crippen LogP contribution >= 0.6 is 0 Å². The first-order valence-corrected chi connectivity index (χ1v) is 6.09. The van der Waals surface area contributed by atoms with Crippen LogP contribution < -0.4 is 5.32 Å². The molecule has 1 saturated carbocycles. The van der Waals surface area contributed by atoms with Gasteiger partial charge in [-0.2, -0.15) is 0 Å². The molecule has 2 heteroatoms. The van der Waals surface area contributed by atoms with Gasteiger partial charge in [0, 0.05) is 12.5 Å². The van der Waals surface area contributed by atoms with Crippen molar-refractivity contribution in [3.8, 4) is 0 Å². The summed E-state index contributed by atoms with van der Waals surface area (Å²) in [6.45, 7) is 2.91. The molecule has 1 aromatic carbocycles. The smallest absolute Gasteiger partial charge is 0.223 e. The van der Waals surface area contributed by atoms with Gasteiger partial charge < -0.3 is 5.32 Å². The van der Waals surface area contributed by atoms with Crippen molar-refractivity contribution in [2.75, 3.05) is 6.54 Å². The lowest BCUT2D eigenvalue weighted by Crippen LogP contribution is -2.26. The van der Waals surface area contributed by atoms with Gasteiger partial charge in [0.1, 0.15) is 0 Å². The van der Waals surface area contributed by atoms with Crippen LogP contribution in [0.5, 0.6) is 0 Å². The summed E-state index contributed by atoms with van der Waals surface area (Å²) < 4.78 is 0. The van der Waals surface area contributed by atoms with Crippen molar-refractivity contribution in [3.05, 3.63) is 35.4 Å². The molecule has 1 aromatic rings. The minimum atomic E-state index is 0.254. The average Bonchev–Trinajstić information content (AvgIpc) is 3.10. The van der Waals surface area contributed by atoms with Crippen LogP contribution in [0.15, 0.2) is 24.3 Å². The van der Waals surface area contributed by atoms with Crippen LogP contribution in [-0.4, -0.2) is 12.5 Å². The fraction of sp³-hybridized carbons (Fsp3) is 0.500. The monoisotopic (exact) mass is 217 g/mol. The van der Waals surface area contributed by atoms with Gasteiger partial charge in [-0.3, -0.25) is 4.79 Å². The van der Waals surface area contributed by atoms with E-state index in [0.29, 0.717) is 5.92 Å². The minimum Gasteiger partial charge on any atom is -0.356 e. The fourth-order valence-electron chi connectivity index (χ4n) is 1.75. The highest BCUT2D eigenvalue weighted by Gasteiger charge is 2.28. The van der Waals surface area contributed by atoms with Gasteiger partial charge in [0.25, 0.3) is 0 Å². The summed E-state index contributed by atoms with van der Waals surface area (Å²) in [7, 11) is 0. The lowest BCUT2D eigenvalue weighted by Gasteiger charge is -2.04. The van der Waals surface area contributed by atoms with Gasteiger partial charge in [-0.05, 0) is 38.2 Å². The highest BCUT2D eigenvalue weighted by Crippen LogP contribution is 2.28. The SMILES string of the molecule is Cc1ccc(CCCNC(=O)C2CC2)cc1. The molecule has 1 aliphatic carbocycles. The normalized spacial score (nSPS) is 14.8. The number of carbonyl (C=O) groups is 1. The fourth-order valence-corrected chi connectivity index (χ4v) is 1.75. The van der Waals surface area contributed by atoms with Crippen LogP contribution in [0.4, 0.5) is 0 Å². The maximum atomic E-state index is 11.4. The first-order valence-electron chi connectivity index (χ1n) is 6.09. The molecule has 2 rings (SSSR count). The summed E-state index contributed by atoms with van der Waals surface area (Å²) in [5.74, 6) is 0.586. The van der Waals surface area contributed by atoms with E-state index in [9.17, 15) is 4.79 Å². The molecular formula is C14H19NO. The number of rotatable bonds is 5. The Morgan fingerprint density at radius 2 is 2.00 bits per heavy atom. The molecule has 86 valence electrons. The van der Waals surface area contributed by atoms with E-state index in [2.05, 4.69) is 36.5 Å². The molecule has 2 nitrogen and oxygen atoms in total. The second-order valence-corrected chi connectivity index (χ2v) is 4.65. The predicted molar refractivity (Wildman–Crippen MR) is 65.2 cm³/mol. The largest absolute Gasteiger partial charge is 0.356 e. The Balaban J connectivity index is 1.63. The lowest BCUT2D eigenvalue weighted by atomic mass is 10.1. The summed E-state index contributed by atoms with van der Waals surface area (Å²) in [4.78, 5) is 11.4. The van der Waals surface area contributed by atoms with Crippen molar-refractivity contribution in [2.45, 2.75) is 32.6 Å². The highest BCUT2D eigenvalue weighted by atomic mass is 16.2. The summed E-state index contributed by atoms with van der Waals surface area (Å²) in [6, 6.07) is 8.60. The van der Waals surface area contributed by atoms with E-state index >= 15 is 0 Å². The van der Waals surface area contributed by atoms with Crippen molar-refractivity contribution in [1.29, 1.82) is 0 Å². The number of benzene rings is 1. The van der Waals surface area contributed by atoms with Crippen LogP contribution in [0.25, 0.3) is 0 Å². The van der Waals surface area contributed by atoms with Gasteiger partial charge in [0.2, 0.25) is 5.91 Å². The Labute approximate surface area is 97.1 Å². The topological polar surface area (TPSA) is 29.1 Å². The van der Waals surface area contributed by atoms with Gasteiger partial charge in [0.15, 0.2) is 0 Å². The molecular weight excluding hydrogens is 198 g/mol. The third kappa shape index (κ3) is 3.37. The Bertz CT molecular complexity index is 352. The van der Waals surface area contributed by atoms with Crippen molar-refractivity contribution < 1.29 is 4.79 Å². The van der Waals surface area contributed by atoms with E-state index in [-0.39, 0.29) is 5.91 Å². The summed E-state index contributed by atoms with van der Waals surface area (Å²) in [5, 5.41) is 2.99. The van der Waals surface area contributed by atoms with E-state index in [1.807, 2.05) is 0 Å². The Morgan fingerprint density at radius 3 is 2.62 bits per heavy atom. The van der Waals surface area contributed by atoms with Gasteiger partial charge in [-0.1, -0.05) is 29.8 Å². The number of amides is 1. The number of nitrogens with one attached hydrogen (secondary N) is 1. The first-order chi connectivity index (χ1) is 7.75. The Kier molecular flexibility index (Phi) is 3.60. The van der Waals surface area contributed by atoms with E-state index in [1.54, 1.807) is 0 Å². The Hall–Kier alpha value is -1.31. The second-order valence-electron chi connectivity index (χ2n) is 4.65. The third-order valence-electron chi connectivity index (χ3n) is 3.01. The van der Waals surface area contributed by atoms with Crippen molar-refractivity contribution >= 4 is 5.91 Å². The van der Waals surface area contributed by atoms with Crippen LogP contribution in [0.1, 0.15) is 30.4 Å². The molecule has 0 unspecified atom stereocenters. The molecule has 0 aromatic heterocycles. The maximum absolute atomic E-state index is 11.4. The van der Waals surface area contributed by atoms with Crippen LogP contribution in [0, 0.1) is 12.8 Å². The molecule has 1 amide bonds. The van der Waals surface area contributed by atoms with Crippen molar-refractivity contribution in [2.24, 2.45) is 5.92 Å². The minimum absolute atomic E-state index is 0.254. The quantitative estimate of drug-likeness (QED) is 0.754. The number of hydrogen-bond acceptors (Lipinski definition) is 1. The zero-order chi connectivity index (χ0) is 11.4. The highest BCUT2D eigenvalue weighted by molar-refractivity contribution is 5.80. The van der Waals surface area contributed by atoms with Gasteiger partial charge in [-0.25, -0.2) is 0 Å². The summed E-state index contributed by atoms with van der Waals surface area (Å²) in [6.07, 6.45) is 4.25. The molecule has 1 N–H and O–H groups in total. The average molecular weight is 217 g/mol. The van der Waals surface area contributed by atoms with Gasteiger partial charge in [-0.15, -0.1) is 0 Å². The van der Waals surface area contributed by atoms with Gasteiger partial charge >= 0.3 is 0 Å². The van der Waals surface area contributed by atoms with Gasteiger partial charge in [0.05, 0.1) is 0 Å². The van der Waals surface area contributed by atoms with Crippen LogP contribution in [0.3, 0.4) is 0 Å². The van der Waals surface area contributed by atoms with Crippen molar-refractivity contribution in [1.82, 2.24) is 5.32 Å². The van der Waals surface area contributed by atoms with Crippen molar-refractivity contribution in [3.63, 3.8) is 0 Å². The molecule has 0 aliphatic heterocycles. The number of aryl methyl sites for hydroxylation is 2. The molecule has 0 saturated heterocycles. The molecule has 1 fully saturated rings. The second kappa shape index (κ2) is 5.15. The molecule has 0 bridgehead atoms. The zero-order valence-corrected chi connectivity index (χ0v) is 9.83. The number of carbonyl (C=O) groups excluding carboxylic acids is 1. The van der Waals surface area contributed by atoms with E-state index in [0.717, 1.165) is 32.2 Å². The summed E-state index contributed by atoms with van der Waals surface area (Å²) in [5.41, 5.74) is 2.65. The van der Waals surface area contributed by atoms with E-state index in [4.69, 9.17) is 0 Å². The first kappa shape index (κ1) is 11.2. The molecule has 0 spiro atoms. The Morgan fingerprint density at radius 1 is 1.31 bits per heavy atom. The molecule has 0 heterocycles. The third-order valence-corrected chi connectivity index (χ3v) is 3.01. The standard InChI is InChI=1S/C14H19NO/c1-11-4-6-12(7-5-11)3-2-10-15-14(16)13-8-9-13/h4-7,13H,2-3,8-10H2,1H3,(H,15,16). The predicted octanol–water partition coefficient (Wildman–Crippen LogP) is 2.45. The molecule has 0 radical (unpaired) electrons. The molecule has 0 atom stereocenters.